The Bertz CT molecular complexity index is 401. The molecule has 1 atom stereocenters. The number of hydrogen-bond acceptors (Lipinski definition) is 2. The molecule has 0 aliphatic carbocycles. The summed E-state index contributed by atoms with van der Waals surface area (Å²) in [5.41, 5.74) is 0.835. The van der Waals surface area contributed by atoms with E-state index in [9.17, 15) is 4.39 Å². The number of nitrogens with zero attached hydrogens (tertiary/aromatic N) is 1. The van der Waals surface area contributed by atoms with Gasteiger partial charge in [-0.05, 0) is 18.6 Å². The van der Waals surface area contributed by atoms with Crippen molar-refractivity contribution >= 4 is 40.7 Å². The summed E-state index contributed by atoms with van der Waals surface area (Å²) in [5, 5.41) is 3.34. The Labute approximate surface area is 141 Å². The predicted molar refractivity (Wildman–Crippen MR) is 90.7 cm³/mol. The van der Waals surface area contributed by atoms with Gasteiger partial charge in [-0.3, -0.25) is 4.90 Å². The molecule has 1 aromatic rings. The van der Waals surface area contributed by atoms with Gasteiger partial charge in [0.15, 0.2) is 0 Å². The summed E-state index contributed by atoms with van der Waals surface area (Å²) in [6.07, 6.45) is 2.09. The third kappa shape index (κ3) is 5.15. The number of halogens is 4. The van der Waals surface area contributed by atoms with Crippen LogP contribution in [0.1, 0.15) is 31.4 Å². The van der Waals surface area contributed by atoms with Crippen LogP contribution in [0.5, 0.6) is 0 Å². The van der Waals surface area contributed by atoms with Crippen molar-refractivity contribution in [2.45, 2.75) is 25.8 Å². The third-order valence-electron chi connectivity index (χ3n) is 3.48. The van der Waals surface area contributed by atoms with Gasteiger partial charge in [0.05, 0.1) is 0 Å². The quantitative estimate of drug-likeness (QED) is 0.833. The molecule has 0 aromatic heterocycles. The van der Waals surface area contributed by atoms with Gasteiger partial charge in [-0.2, -0.15) is 0 Å². The first-order valence-corrected chi connectivity index (χ1v) is 7.41. The average Bonchev–Trinajstić information content (AvgIpc) is 2.38. The van der Waals surface area contributed by atoms with E-state index in [-0.39, 0.29) is 36.7 Å². The molecule has 0 bridgehead atoms. The van der Waals surface area contributed by atoms with Crippen molar-refractivity contribution < 1.29 is 4.39 Å². The van der Waals surface area contributed by atoms with Crippen LogP contribution in [-0.4, -0.2) is 31.1 Å². The normalized spacial score (nSPS) is 16.9. The molecule has 0 radical (unpaired) electrons. The minimum Gasteiger partial charge on any atom is -0.314 e. The highest BCUT2D eigenvalue weighted by molar-refractivity contribution is 9.10. The van der Waals surface area contributed by atoms with E-state index in [1.54, 1.807) is 6.07 Å². The van der Waals surface area contributed by atoms with E-state index < -0.39 is 0 Å². The van der Waals surface area contributed by atoms with E-state index in [4.69, 9.17) is 0 Å². The van der Waals surface area contributed by atoms with Crippen molar-refractivity contribution in [2.75, 3.05) is 26.2 Å². The Morgan fingerprint density at radius 2 is 1.95 bits per heavy atom. The number of nitrogens with one attached hydrogen (secondary N) is 1. The summed E-state index contributed by atoms with van der Waals surface area (Å²) < 4.78 is 14.9. The topological polar surface area (TPSA) is 15.3 Å². The summed E-state index contributed by atoms with van der Waals surface area (Å²) in [4.78, 5) is 2.40. The second-order valence-electron chi connectivity index (χ2n) is 4.76. The van der Waals surface area contributed by atoms with Crippen LogP contribution in [0, 0.1) is 5.82 Å². The van der Waals surface area contributed by atoms with Crippen LogP contribution in [-0.2, 0) is 0 Å². The molecule has 1 saturated heterocycles. The highest BCUT2D eigenvalue weighted by Crippen LogP contribution is 2.29. The van der Waals surface area contributed by atoms with Gasteiger partial charge < -0.3 is 5.32 Å². The van der Waals surface area contributed by atoms with Crippen molar-refractivity contribution in [3.8, 4) is 0 Å². The maximum Gasteiger partial charge on any atom is 0.129 e. The van der Waals surface area contributed by atoms with Crippen molar-refractivity contribution in [3.05, 3.63) is 34.1 Å². The lowest BCUT2D eigenvalue weighted by molar-refractivity contribution is 0.161. The fourth-order valence-corrected chi connectivity index (χ4v) is 2.91. The van der Waals surface area contributed by atoms with E-state index in [1.807, 2.05) is 12.1 Å². The zero-order valence-electron chi connectivity index (χ0n) is 11.6. The second-order valence-corrected chi connectivity index (χ2v) is 5.67. The van der Waals surface area contributed by atoms with E-state index in [0.29, 0.717) is 0 Å². The molecule has 1 N–H and O–H groups in total. The minimum absolute atomic E-state index is 0. The Kier molecular flexibility index (Phi) is 10.0. The van der Waals surface area contributed by atoms with Gasteiger partial charge in [0, 0.05) is 42.3 Å². The van der Waals surface area contributed by atoms with Crippen molar-refractivity contribution in [3.63, 3.8) is 0 Å². The minimum atomic E-state index is -0.0960. The summed E-state index contributed by atoms with van der Waals surface area (Å²) in [6, 6.07) is 5.64. The maximum absolute atomic E-state index is 14.1. The molecule has 1 aliphatic rings. The standard InChI is InChI=1S/C14H20BrFN2.2ClH/c1-2-3-14(18-8-6-17-7-9-18)12-5-4-11(15)10-13(12)16;;/h4-5,10,14,17H,2-3,6-9H2,1H3;2*1H/t14-;;/m0../s1. The maximum atomic E-state index is 14.1. The number of benzene rings is 1. The first kappa shape index (κ1) is 20.1. The first-order valence-electron chi connectivity index (χ1n) is 6.62. The van der Waals surface area contributed by atoms with Crippen LogP contribution >= 0.6 is 40.7 Å². The molecule has 1 fully saturated rings. The van der Waals surface area contributed by atoms with Gasteiger partial charge in [0.1, 0.15) is 5.82 Å². The Hall–Kier alpha value is 0.130. The zero-order valence-corrected chi connectivity index (χ0v) is 14.8. The molecule has 2 nitrogen and oxygen atoms in total. The van der Waals surface area contributed by atoms with E-state index in [1.165, 1.54) is 0 Å². The lowest BCUT2D eigenvalue weighted by Gasteiger charge is -2.35. The van der Waals surface area contributed by atoms with Crippen molar-refractivity contribution in [2.24, 2.45) is 0 Å². The van der Waals surface area contributed by atoms with Crippen LogP contribution in [0.2, 0.25) is 0 Å². The van der Waals surface area contributed by atoms with Crippen LogP contribution < -0.4 is 5.32 Å². The molecule has 2 rings (SSSR count). The summed E-state index contributed by atoms with van der Waals surface area (Å²) in [6.45, 7) is 6.16. The molecule has 0 unspecified atom stereocenters. The van der Waals surface area contributed by atoms with Crippen LogP contribution in [0.25, 0.3) is 0 Å². The van der Waals surface area contributed by atoms with E-state index in [0.717, 1.165) is 49.1 Å². The largest absolute Gasteiger partial charge is 0.314 e. The SMILES string of the molecule is CCC[C@@H](c1ccc(Br)cc1F)N1CCNCC1.Cl.Cl. The first-order chi connectivity index (χ1) is 8.72. The highest BCUT2D eigenvalue weighted by Gasteiger charge is 2.23. The van der Waals surface area contributed by atoms with Gasteiger partial charge >= 0.3 is 0 Å². The third-order valence-corrected chi connectivity index (χ3v) is 3.97. The van der Waals surface area contributed by atoms with Crippen LogP contribution in [0.15, 0.2) is 22.7 Å². The smallest absolute Gasteiger partial charge is 0.129 e. The van der Waals surface area contributed by atoms with Gasteiger partial charge in [0.25, 0.3) is 0 Å². The molecule has 0 amide bonds. The fourth-order valence-electron chi connectivity index (χ4n) is 2.57. The number of hydrogen-bond donors (Lipinski definition) is 1. The number of piperazine rings is 1. The second kappa shape index (κ2) is 9.96. The molecule has 1 heterocycles. The van der Waals surface area contributed by atoms with Crippen LogP contribution in [0.3, 0.4) is 0 Å². The molecule has 20 heavy (non-hydrogen) atoms. The van der Waals surface area contributed by atoms with Crippen molar-refractivity contribution in [1.82, 2.24) is 10.2 Å². The monoisotopic (exact) mass is 386 g/mol. The molecule has 1 aliphatic heterocycles. The molecule has 116 valence electrons. The van der Waals surface area contributed by atoms with Gasteiger partial charge in [0.2, 0.25) is 0 Å². The molecular weight excluding hydrogens is 366 g/mol. The average molecular weight is 388 g/mol. The molecule has 0 saturated carbocycles. The summed E-state index contributed by atoms with van der Waals surface area (Å²) in [7, 11) is 0. The Morgan fingerprint density at radius 3 is 2.50 bits per heavy atom. The van der Waals surface area contributed by atoms with Crippen molar-refractivity contribution in [1.29, 1.82) is 0 Å². The Morgan fingerprint density at radius 1 is 1.30 bits per heavy atom. The Balaban J connectivity index is 0.00000180. The van der Waals surface area contributed by atoms with E-state index in [2.05, 4.69) is 33.1 Å². The molecule has 1 aromatic carbocycles. The molecule has 0 spiro atoms. The zero-order chi connectivity index (χ0) is 13.0. The van der Waals surface area contributed by atoms with Crippen LogP contribution in [0.4, 0.5) is 4.39 Å². The molecule has 6 heteroatoms. The lowest BCUT2D eigenvalue weighted by atomic mass is 9.99. The summed E-state index contributed by atoms with van der Waals surface area (Å²) >= 11 is 3.32. The highest BCUT2D eigenvalue weighted by atomic mass is 79.9. The summed E-state index contributed by atoms with van der Waals surface area (Å²) in [5.74, 6) is -0.0960. The van der Waals surface area contributed by atoms with E-state index >= 15 is 0 Å². The van der Waals surface area contributed by atoms with Gasteiger partial charge in [-0.15, -0.1) is 24.8 Å². The predicted octanol–water partition coefficient (Wildman–Crippen LogP) is 4.18. The van der Waals surface area contributed by atoms with Gasteiger partial charge in [-0.1, -0.05) is 35.3 Å². The number of rotatable bonds is 4. The lowest BCUT2D eigenvalue weighted by Crippen LogP contribution is -2.45. The van der Waals surface area contributed by atoms with Gasteiger partial charge in [-0.25, -0.2) is 4.39 Å². The fraction of sp³-hybridized carbons (Fsp3) is 0.571. The molecular formula is C14H22BrCl2FN2.